The molecule has 1 saturated carbocycles. The zero-order valence-corrected chi connectivity index (χ0v) is 12.9. The van der Waals surface area contributed by atoms with Crippen LogP contribution in [0.2, 0.25) is 0 Å². The number of hydrogen-bond acceptors (Lipinski definition) is 4. The van der Waals surface area contributed by atoms with Crippen molar-refractivity contribution in [3.8, 4) is 0 Å². The molecular formula is C16H19NO3S. The van der Waals surface area contributed by atoms with E-state index in [1.54, 1.807) is 30.4 Å². The maximum atomic E-state index is 12.2. The molecule has 1 aliphatic carbocycles. The van der Waals surface area contributed by atoms with E-state index >= 15 is 0 Å². The first-order valence-electron chi connectivity index (χ1n) is 7.08. The lowest BCUT2D eigenvalue weighted by Crippen LogP contribution is -2.39. The van der Waals surface area contributed by atoms with Crippen molar-refractivity contribution in [1.29, 1.82) is 0 Å². The van der Waals surface area contributed by atoms with E-state index in [9.17, 15) is 9.90 Å². The molecule has 21 heavy (non-hydrogen) atoms. The summed E-state index contributed by atoms with van der Waals surface area (Å²) < 4.78 is 5.20. The second kappa shape index (κ2) is 5.31. The maximum Gasteiger partial charge on any atom is 0.223 e. The Morgan fingerprint density at radius 2 is 2.33 bits per heavy atom. The lowest BCUT2D eigenvalue weighted by atomic mass is 10.0. The highest BCUT2D eigenvalue weighted by Gasteiger charge is 2.45. The van der Waals surface area contributed by atoms with Gasteiger partial charge in [-0.25, -0.2) is 0 Å². The van der Waals surface area contributed by atoms with Gasteiger partial charge in [0.1, 0.15) is 11.4 Å². The van der Waals surface area contributed by atoms with Crippen LogP contribution in [0.3, 0.4) is 0 Å². The summed E-state index contributed by atoms with van der Waals surface area (Å²) in [6, 6.07) is 7.63. The highest BCUT2D eigenvalue weighted by Crippen LogP contribution is 2.49. The minimum absolute atomic E-state index is 0.0119. The van der Waals surface area contributed by atoms with Gasteiger partial charge < -0.3 is 14.8 Å². The van der Waals surface area contributed by atoms with Crippen molar-refractivity contribution in [1.82, 2.24) is 5.32 Å². The van der Waals surface area contributed by atoms with Crippen LogP contribution in [0.4, 0.5) is 0 Å². The van der Waals surface area contributed by atoms with Crippen LogP contribution in [-0.2, 0) is 10.4 Å². The third-order valence-corrected chi connectivity index (χ3v) is 5.05. The molecule has 5 heteroatoms. The first-order chi connectivity index (χ1) is 9.97. The van der Waals surface area contributed by atoms with Crippen molar-refractivity contribution in [2.24, 2.45) is 5.92 Å². The van der Waals surface area contributed by atoms with Crippen LogP contribution in [0, 0.1) is 12.8 Å². The molecule has 1 amide bonds. The van der Waals surface area contributed by atoms with Crippen molar-refractivity contribution in [3.05, 3.63) is 46.0 Å². The van der Waals surface area contributed by atoms with Gasteiger partial charge in [-0.05, 0) is 44.5 Å². The highest BCUT2D eigenvalue weighted by molar-refractivity contribution is 7.12. The first kappa shape index (κ1) is 14.4. The van der Waals surface area contributed by atoms with Gasteiger partial charge in [-0.15, -0.1) is 11.3 Å². The fraction of sp³-hybridized carbons (Fsp3) is 0.438. The van der Waals surface area contributed by atoms with E-state index in [2.05, 4.69) is 24.4 Å². The van der Waals surface area contributed by atoms with Crippen LogP contribution in [0.25, 0.3) is 0 Å². The van der Waals surface area contributed by atoms with E-state index < -0.39 is 5.60 Å². The Morgan fingerprint density at radius 1 is 1.52 bits per heavy atom. The number of carbonyl (C=O) groups is 1. The predicted octanol–water partition coefficient (Wildman–Crippen LogP) is 2.78. The summed E-state index contributed by atoms with van der Waals surface area (Å²) in [6.45, 7) is 3.87. The standard InChI is InChI=1S/C16H19NO3S/c1-10-5-6-13(21-10)11-8-12(11)15(18)17-9-16(2,19)14-4-3-7-20-14/h3-7,11-12,19H,8-9H2,1-2H3,(H,17,18). The van der Waals surface area contributed by atoms with Crippen LogP contribution in [0.15, 0.2) is 34.9 Å². The van der Waals surface area contributed by atoms with Gasteiger partial charge >= 0.3 is 0 Å². The van der Waals surface area contributed by atoms with Gasteiger partial charge in [0, 0.05) is 21.6 Å². The minimum atomic E-state index is -1.18. The van der Waals surface area contributed by atoms with Gasteiger partial charge in [0.25, 0.3) is 0 Å². The number of amides is 1. The predicted molar refractivity (Wildman–Crippen MR) is 81.2 cm³/mol. The molecule has 0 saturated heterocycles. The van der Waals surface area contributed by atoms with Gasteiger partial charge in [-0.1, -0.05) is 0 Å². The fourth-order valence-corrected chi connectivity index (χ4v) is 3.57. The quantitative estimate of drug-likeness (QED) is 0.893. The van der Waals surface area contributed by atoms with E-state index in [1.165, 1.54) is 16.0 Å². The van der Waals surface area contributed by atoms with Crippen LogP contribution in [0.5, 0.6) is 0 Å². The van der Waals surface area contributed by atoms with Crippen molar-refractivity contribution in [2.45, 2.75) is 31.8 Å². The van der Waals surface area contributed by atoms with Gasteiger partial charge in [-0.3, -0.25) is 4.79 Å². The number of rotatable bonds is 5. The molecule has 2 heterocycles. The van der Waals surface area contributed by atoms with Crippen molar-refractivity contribution in [3.63, 3.8) is 0 Å². The van der Waals surface area contributed by atoms with Crippen molar-refractivity contribution >= 4 is 17.2 Å². The lowest BCUT2D eigenvalue weighted by molar-refractivity contribution is -0.123. The third-order valence-electron chi connectivity index (χ3n) is 3.91. The fourth-order valence-electron chi connectivity index (χ4n) is 2.51. The number of hydrogen-bond donors (Lipinski definition) is 2. The largest absolute Gasteiger partial charge is 0.466 e. The van der Waals surface area contributed by atoms with Gasteiger partial charge in [0.2, 0.25) is 5.91 Å². The van der Waals surface area contributed by atoms with E-state index in [0.717, 1.165) is 6.42 Å². The second-order valence-electron chi connectivity index (χ2n) is 5.87. The molecule has 0 aliphatic heterocycles. The summed E-state index contributed by atoms with van der Waals surface area (Å²) in [7, 11) is 0. The Hall–Kier alpha value is -1.59. The Bertz CT molecular complexity index is 630. The zero-order valence-electron chi connectivity index (χ0n) is 12.1. The van der Waals surface area contributed by atoms with E-state index in [4.69, 9.17) is 4.42 Å². The molecule has 0 radical (unpaired) electrons. The van der Waals surface area contributed by atoms with Crippen molar-refractivity contribution < 1.29 is 14.3 Å². The third kappa shape index (κ3) is 3.04. The molecule has 2 N–H and O–H groups in total. The number of thiophene rings is 1. The molecule has 112 valence electrons. The second-order valence-corrected chi connectivity index (χ2v) is 7.19. The van der Waals surface area contributed by atoms with Gasteiger partial charge in [-0.2, -0.15) is 0 Å². The van der Waals surface area contributed by atoms with E-state index in [-0.39, 0.29) is 18.4 Å². The van der Waals surface area contributed by atoms with Gasteiger partial charge in [0.05, 0.1) is 12.8 Å². The Labute approximate surface area is 127 Å². The number of aliphatic hydroxyl groups is 1. The van der Waals surface area contributed by atoms with E-state index in [0.29, 0.717) is 11.7 Å². The Kier molecular flexibility index (Phi) is 3.63. The number of furan rings is 1. The maximum absolute atomic E-state index is 12.2. The van der Waals surface area contributed by atoms with E-state index in [1.807, 2.05) is 0 Å². The summed E-state index contributed by atoms with van der Waals surface area (Å²) >= 11 is 1.76. The van der Waals surface area contributed by atoms with Crippen LogP contribution >= 0.6 is 11.3 Å². The molecule has 2 aromatic heterocycles. The molecule has 1 fully saturated rings. The number of aryl methyl sites for hydroxylation is 1. The Balaban J connectivity index is 1.54. The number of carbonyl (C=O) groups excluding carboxylic acids is 1. The lowest BCUT2D eigenvalue weighted by Gasteiger charge is -2.21. The molecule has 2 aromatic rings. The van der Waals surface area contributed by atoms with Crippen LogP contribution in [-0.4, -0.2) is 17.6 Å². The normalized spacial score (nSPS) is 23.6. The summed E-state index contributed by atoms with van der Waals surface area (Å²) in [6.07, 6.45) is 2.41. The van der Waals surface area contributed by atoms with Crippen molar-refractivity contribution in [2.75, 3.05) is 6.54 Å². The molecule has 3 atom stereocenters. The summed E-state index contributed by atoms with van der Waals surface area (Å²) in [5, 5.41) is 13.1. The topological polar surface area (TPSA) is 62.5 Å². The monoisotopic (exact) mass is 305 g/mol. The molecule has 0 spiro atoms. The SMILES string of the molecule is Cc1ccc(C2CC2C(=O)NCC(C)(O)c2ccco2)s1. The summed E-state index contributed by atoms with van der Waals surface area (Å²) in [4.78, 5) is 14.7. The number of nitrogens with one attached hydrogen (secondary N) is 1. The van der Waals surface area contributed by atoms with Gasteiger partial charge in [0.15, 0.2) is 0 Å². The average Bonchev–Trinajstić information content (AvgIpc) is 2.87. The summed E-state index contributed by atoms with van der Waals surface area (Å²) in [5.74, 6) is 0.856. The first-order valence-corrected chi connectivity index (χ1v) is 7.89. The average molecular weight is 305 g/mol. The van der Waals surface area contributed by atoms with Crippen LogP contribution in [0.1, 0.15) is 34.8 Å². The highest BCUT2D eigenvalue weighted by atomic mass is 32.1. The molecular weight excluding hydrogens is 286 g/mol. The molecule has 0 aromatic carbocycles. The molecule has 0 bridgehead atoms. The zero-order chi connectivity index (χ0) is 15.0. The molecule has 1 aliphatic rings. The summed E-state index contributed by atoms with van der Waals surface area (Å²) in [5.41, 5.74) is -1.18. The Morgan fingerprint density at radius 3 is 2.95 bits per heavy atom. The molecule has 3 unspecified atom stereocenters. The molecule has 4 nitrogen and oxygen atoms in total. The minimum Gasteiger partial charge on any atom is -0.466 e. The smallest absolute Gasteiger partial charge is 0.223 e. The van der Waals surface area contributed by atoms with Crippen LogP contribution < -0.4 is 5.32 Å². The molecule has 3 rings (SSSR count).